The molecule has 0 spiro atoms. The minimum absolute atomic E-state index is 0.0346. The number of methoxy groups -OCH3 is 3. The van der Waals surface area contributed by atoms with Crippen LogP contribution in [0.2, 0.25) is 0 Å². The predicted molar refractivity (Wildman–Crippen MR) is 129 cm³/mol. The molecular formula is C24H39N5O4. The lowest BCUT2D eigenvalue weighted by Crippen LogP contribution is -2.23. The summed E-state index contributed by atoms with van der Waals surface area (Å²) >= 11 is 0. The average molecular weight is 462 g/mol. The van der Waals surface area contributed by atoms with Gasteiger partial charge in [0.15, 0.2) is 5.82 Å². The molecule has 0 aliphatic carbocycles. The van der Waals surface area contributed by atoms with E-state index in [1.807, 2.05) is 0 Å². The zero-order chi connectivity index (χ0) is 23.9. The third kappa shape index (κ3) is 8.90. The van der Waals surface area contributed by atoms with Crippen LogP contribution in [0.5, 0.6) is 17.2 Å². The monoisotopic (exact) mass is 461 g/mol. The number of unbranched alkanes of at least 4 members (excludes halogenated alkanes) is 9. The van der Waals surface area contributed by atoms with Gasteiger partial charge in [0.05, 0.1) is 27.9 Å². The Hall–Kier alpha value is -2.84. The Labute approximate surface area is 197 Å². The van der Waals surface area contributed by atoms with Crippen molar-refractivity contribution in [3.8, 4) is 17.2 Å². The highest BCUT2D eigenvalue weighted by Gasteiger charge is 2.16. The highest BCUT2D eigenvalue weighted by atomic mass is 16.5. The molecule has 0 atom stereocenters. The van der Waals surface area contributed by atoms with Crippen LogP contribution in [0.4, 0.5) is 5.69 Å². The number of nitrogens with one attached hydrogen (secondary N) is 1. The average Bonchev–Trinajstić information content (AvgIpc) is 3.32. The third-order valence-electron chi connectivity index (χ3n) is 5.56. The van der Waals surface area contributed by atoms with Gasteiger partial charge in [-0.25, -0.2) is 0 Å². The molecular weight excluding hydrogens is 422 g/mol. The Bertz CT molecular complexity index is 815. The number of ether oxygens (including phenoxy) is 3. The van der Waals surface area contributed by atoms with Gasteiger partial charge in [0.1, 0.15) is 22.9 Å². The maximum atomic E-state index is 12.5. The normalized spacial score (nSPS) is 10.8. The number of benzene rings is 1. The van der Waals surface area contributed by atoms with Crippen molar-refractivity contribution in [2.75, 3.05) is 33.2 Å². The first kappa shape index (κ1) is 26.4. The zero-order valence-corrected chi connectivity index (χ0v) is 20.6. The topological polar surface area (TPSA) is 100 Å². The van der Waals surface area contributed by atoms with Crippen LogP contribution in [0.15, 0.2) is 12.1 Å². The number of rotatable bonds is 17. The van der Waals surface area contributed by atoms with E-state index in [-0.39, 0.29) is 12.5 Å². The molecule has 0 fully saturated rings. The quantitative estimate of drug-likeness (QED) is 0.332. The first-order chi connectivity index (χ1) is 16.1. The number of tetrazole rings is 1. The third-order valence-corrected chi connectivity index (χ3v) is 5.56. The van der Waals surface area contributed by atoms with Gasteiger partial charge < -0.3 is 19.5 Å². The molecule has 0 bridgehead atoms. The Morgan fingerprint density at radius 3 is 2.00 bits per heavy atom. The molecule has 0 radical (unpaired) electrons. The number of hydrogen-bond donors (Lipinski definition) is 1. The zero-order valence-electron chi connectivity index (χ0n) is 20.6. The maximum Gasteiger partial charge on any atom is 0.285 e. The lowest BCUT2D eigenvalue weighted by atomic mass is 10.1. The molecule has 2 aromatic rings. The van der Waals surface area contributed by atoms with E-state index in [2.05, 4.69) is 27.7 Å². The van der Waals surface area contributed by atoms with E-state index in [4.69, 9.17) is 14.2 Å². The molecule has 0 saturated carbocycles. The van der Waals surface area contributed by atoms with Crippen molar-refractivity contribution < 1.29 is 19.0 Å². The van der Waals surface area contributed by atoms with E-state index in [9.17, 15) is 4.79 Å². The fourth-order valence-electron chi connectivity index (χ4n) is 3.63. The van der Waals surface area contributed by atoms with E-state index in [1.54, 1.807) is 33.5 Å². The molecule has 0 unspecified atom stereocenters. The summed E-state index contributed by atoms with van der Waals surface area (Å²) < 4.78 is 16.0. The lowest BCUT2D eigenvalue weighted by Gasteiger charge is -2.15. The van der Waals surface area contributed by atoms with Crippen molar-refractivity contribution in [2.24, 2.45) is 0 Å². The standard InChI is InChI=1S/C24H39N5O4/c1-5-6-7-8-9-10-11-12-13-14-15-22-26-28-29(27-22)23(30)18-25-24-20(32-3)16-19(31-2)17-21(24)33-4/h16-17,25H,5-15,18H2,1-4H3. The number of anilines is 1. The lowest BCUT2D eigenvalue weighted by molar-refractivity contribution is 0.0892. The van der Waals surface area contributed by atoms with Gasteiger partial charge in [-0.1, -0.05) is 69.5 Å². The fraction of sp³-hybridized carbons (Fsp3) is 0.667. The van der Waals surface area contributed by atoms with E-state index in [1.165, 1.54) is 51.4 Å². The molecule has 0 saturated heterocycles. The van der Waals surface area contributed by atoms with Crippen LogP contribution in [0.3, 0.4) is 0 Å². The summed E-state index contributed by atoms with van der Waals surface area (Å²) in [5.74, 6) is 1.88. The summed E-state index contributed by atoms with van der Waals surface area (Å²) in [7, 11) is 4.65. The van der Waals surface area contributed by atoms with Crippen LogP contribution in [-0.2, 0) is 6.42 Å². The molecule has 1 aromatic heterocycles. The van der Waals surface area contributed by atoms with E-state index < -0.39 is 0 Å². The van der Waals surface area contributed by atoms with Crippen LogP contribution >= 0.6 is 0 Å². The Morgan fingerprint density at radius 1 is 0.879 bits per heavy atom. The Balaban J connectivity index is 1.74. The van der Waals surface area contributed by atoms with Crippen molar-refractivity contribution in [3.63, 3.8) is 0 Å². The number of nitrogens with zero attached hydrogens (tertiary/aromatic N) is 4. The fourth-order valence-corrected chi connectivity index (χ4v) is 3.63. The number of carbonyl (C=O) groups is 1. The highest BCUT2D eigenvalue weighted by molar-refractivity contribution is 5.83. The van der Waals surface area contributed by atoms with Crippen LogP contribution in [0.1, 0.15) is 81.8 Å². The predicted octanol–water partition coefficient (Wildman–Crippen LogP) is 4.91. The van der Waals surface area contributed by atoms with Crippen molar-refractivity contribution in [1.29, 1.82) is 0 Å². The number of aromatic nitrogens is 4. The van der Waals surface area contributed by atoms with E-state index in [0.717, 1.165) is 24.1 Å². The summed E-state index contributed by atoms with van der Waals surface area (Å²) in [4.78, 5) is 13.6. The molecule has 33 heavy (non-hydrogen) atoms. The molecule has 1 aromatic carbocycles. The van der Waals surface area contributed by atoms with Gasteiger partial charge in [0, 0.05) is 18.6 Å². The van der Waals surface area contributed by atoms with Crippen LogP contribution < -0.4 is 19.5 Å². The van der Waals surface area contributed by atoms with Gasteiger partial charge in [0.25, 0.3) is 5.91 Å². The van der Waals surface area contributed by atoms with Crippen molar-refractivity contribution in [3.05, 3.63) is 18.0 Å². The molecule has 2 rings (SSSR count). The second-order valence-electron chi connectivity index (χ2n) is 8.08. The molecule has 9 heteroatoms. The van der Waals surface area contributed by atoms with Crippen LogP contribution in [-0.4, -0.2) is 54.0 Å². The molecule has 184 valence electrons. The number of hydrogen-bond acceptors (Lipinski definition) is 8. The molecule has 1 heterocycles. The first-order valence-corrected chi connectivity index (χ1v) is 12.0. The van der Waals surface area contributed by atoms with Crippen LogP contribution in [0, 0.1) is 0 Å². The first-order valence-electron chi connectivity index (χ1n) is 12.0. The summed E-state index contributed by atoms with van der Waals surface area (Å²) in [5, 5.41) is 15.2. The second-order valence-corrected chi connectivity index (χ2v) is 8.08. The summed E-state index contributed by atoms with van der Waals surface area (Å²) in [6, 6.07) is 3.43. The van der Waals surface area contributed by atoms with Gasteiger partial charge in [-0.2, -0.15) is 0 Å². The van der Waals surface area contributed by atoms with Gasteiger partial charge in [-0.15, -0.1) is 10.2 Å². The summed E-state index contributed by atoms with van der Waals surface area (Å²) in [6.07, 6.45) is 13.5. The van der Waals surface area contributed by atoms with E-state index >= 15 is 0 Å². The molecule has 1 N–H and O–H groups in total. The molecule has 0 aliphatic rings. The molecule has 0 aliphatic heterocycles. The van der Waals surface area contributed by atoms with Gasteiger partial charge in [-0.3, -0.25) is 4.79 Å². The minimum atomic E-state index is -0.322. The minimum Gasteiger partial charge on any atom is -0.496 e. The second kappa shape index (κ2) is 15.1. The van der Waals surface area contributed by atoms with Crippen molar-refractivity contribution in [1.82, 2.24) is 20.2 Å². The van der Waals surface area contributed by atoms with Crippen LogP contribution in [0.25, 0.3) is 0 Å². The maximum absolute atomic E-state index is 12.5. The number of aryl methyl sites for hydroxylation is 1. The largest absolute Gasteiger partial charge is 0.496 e. The van der Waals surface area contributed by atoms with Gasteiger partial charge in [-0.05, 0) is 11.6 Å². The van der Waals surface area contributed by atoms with Gasteiger partial charge >= 0.3 is 0 Å². The van der Waals surface area contributed by atoms with Gasteiger partial charge in [0.2, 0.25) is 0 Å². The SMILES string of the molecule is CCCCCCCCCCCCc1nnn(C(=O)CNc2c(OC)cc(OC)cc2OC)n1. The molecule has 9 nitrogen and oxygen atoms in total. The Kier molecular flexibility index (Phi) is 12.1. The molecule has 0 amide bonds. The highest BCUT2D eigenvalue weighted by Crippen LogP contribution is 2.38. The van der Waals surface area contributed by atoms with Crippen molar-refractivity contribution in [2.45, 2.75) is 77.6 Å². The summed E-state index contributed by atoms with van der Waals surface area (Å²) in [6.45, 7) is 2.21. The number of carbonyl (C=O) groups excluding carboxylic acids is 1. The van der Waals surface area contributed by atoms with Crippen molar-refractivity contribution >= 4 is 11.6 Å². The summed E-state index contributed by atoms with van der Waals surface area (Å²) in [5.41, 5.74) is 0.555. The van der Waals surface area contributed by atoms with E-state index in [0.29, 0.717) is 28.8 Å². The Morgan fingerprint density at radius 2 is 1.45 bits per heavy atom. The smallest absolute Gasteiger partial charge is 0.285 e.